The van der Waals surface area contributed by atoms with Crippen LogP contribution in [0.1, 0.15) is 11.3 Å². The molecule has 0 aliphatic carbocycles. The van der Waals surface area contributed by atoms with Crippen LogP contribution in [0.5, 0.6) is 5.75 Å². The molecule has 0 radical (unpaired) electrons. The summed E-state index contributed by atoms with van der Waals surface area (Å²) >= 11 is 0. The molecule has 0 aliphatic rings. The molecule has 2 aromatic rings. The van der Waals surface area contributed by atoms with E-state index in [1.165, 1.54) is 18.5 Å². The second kappa shape index (κ2) is 5.03. The lowest BCUT2D eigenvalue weighted by atomic mass is 10.2. The maximum absolute atomic E-state index is 13.2. The molecule has 2 aromatic heterocycles. The Balaban J connectivity index is 2.13. The molecule has 17 heavy (non-hydrogen) atoms. The molecule has 0 saturated carbocycles. The maximum atomic E-state index is 13.2. The molecule has 2 heterocycles. The first-order chi connectivity index (χ1) is 8.31. The van der Waals surface area contributed by atoms with Crippen LogP contribution in [0.4, 0.5) is 4.39 Å². The van der Waals surface area contributed by atoms with Gasteiger partial charge >= 0.3 is 0 Å². The first kappa shape index (κ1) is 11.0. The molecule has 0 aliphatic heterocycles. The van der Waals surface area contributed by atoms with E-state index >= 15 is 0 Å². The van der Waals surface area contributed by atoms with Gasteiger partial charge < -0.3 is 4.74 Å². The molecule has 0 fully saturated rings. The molecular weight excluding hydrogens is 221 g/mol. The van der Waals surface area contributed by atoms with Crippen molar-refractivity contribution in [3.05, 3.63) is 53.9 Å². The first-order valence-electron chi connectivity index (χ1n) is 4.88. The maximum Gasteiger partial charge on any atom is 0.255 e. The van der Waals surface area contributed by atoms with Gasteiger partial charge in [0.25, 0.3) is 5.95 Å². The van der Waals surface area contributed by atoms with Crippen LogP contribution in [-0.4, -0.2) is 9.97 Å². The van der Waals surface area contributed by atoms with E-state index in [1.807, 2.05) is 6.07 Å². The number of hydrogen-bond donors (Lipinski definition) is 0. The van der Waals surface area contributed by atoms with Crippen LogP contribution in [-0.2, 0) is 6.61 Å². The van der Waals surface area contributed by atoms with Crippen molar-refractivity contribution in [2.24, 2.45) is 0 Å². The van der Waals surface area contributed by atoms with Crippen molar-refractivity contribution in [2.45, 2.75) is 6.61 Å². The van der Waals surface area contributed by atoms with Gasteiger partial charge in [-0.1, -0.05) is 6.07 Å². The van der Waals surface area contributed by atoms with Gasteiger partial charge in [-0.25, -0.2) is 9.97 Å². The fourth-order valence-electron chi connectivity index (χ4n) is 1.29. The zero-order valence-corrected chi connectivity index (χ0v) is 8.80. The third kappa shape index (κ3) is 2.55. The first-order valence-corrected chi connectivity index (χ1v) is 4.88. The van der Waals surface area contributed by atoms with Gasteiger partial charge in [0.05, 0.1) is 0 Å². The SMILES string of the molecule is N#Cc1ncccc1COc1cccnc1F. The Morgan fingerprint density at radius 2 is 2.00 bits per heavy atom. The van der Waals surface area contributed by atoms with E-state index in [4.69, 9.17) is 10.00 Å². The van der Waals surface area contributed by atoms with Crippen LogP contribution in [0.2, 0.25) is 0 Å². The summed E-state index contributed by atoms with van der Waals surface area (Å²) in [5.74, 6) is -0.616. The van der Waals surface area contributed by atoms with Crippen molar-refractivity contribution in [2.75, 3.05) is 0 Å². The lowest BCUT2D eigenvalue weighted by Gasteiger charge is -2.06. The second-order valence-electron chi connectivity index (χ2n) is 3.20. The highest BCUT2D eigenvalue weighted by Gasteiger charge is 2.06. The number of halogens is 1. The summed E-state index contributed by atoms with van der Waals surface area (Å²) in [4.78, 5) is 7.34. The molecule has 84 valence electrons. The topological polar surface area (TPSA) is 58.8 Å². The lowest BCUT2D eigenvalue weighted by molar-refractivity contribution is 0.285. The molecule has 0 bridgehead atoms. The predicted molar refractivity (Wildman–Crippen MR) is 57.5 cm³/mol. The average Bonchev–Trinajstić information content (AvgIpc) is 2.38. The van der Waals surface area contributed by atoms with E-state index < -0.39 is 5.95 Å². The van der Waals surface area contributed by atoms with Crippen LogP contribution in [0.25, 0.3) is 0 Å². The van der Waals surface area contributed by atoms with E-state index in [-0.39, 0.29) is 18.1 Å². The van der Waals surface area contributed by atoms with Gasteiger partial charge in [-0.05, 0) is 18.2 Å². The fourth-order valence-corrected chi connectivity index (χ4v) is 1.29. The van der Waals surface area contributed by atoms with Crippen molar-refractivity contribution in [1.82, 2.24) is 9.97 Å². The van der Waals surface area contributed by atoms with E-state index in [9.17, 15) is 4.39 Å². The smallest absolute Gasteiger partial charge is 0.255 e. The van der Waals surface area contributed by atoms with Gasteiger partial charge in [0, 0.05) is 18.0 Å². The molecule has 5 heteroatoms. The number of hydrogen-bond acceptors (Lipinski definition) is 4. The molecule has 4 nitrogen and oxygen atoms in total. The number of nitriles is 1. The summed E-state index contributed by atoms with van der Waals surface area (Å²) in [5.41, 5.74) is 0.884. The number of nitrogens with zero attached hydrogens (tertiary/aromatic N) is 3. The van der Waals surface area contributed by atoms with Crippen molar-refractivity contribution < 1.29 is 9.13 Å². The standard InChI is InChI=1S/C12H8FN3O/c13-12-11(4-2-6-16-12)17-8-9-3-1-5-15-10(9)7-14/h1-6H,8H2. The average molecular weight is 229 g/mol. The summed E-state index contributed by atoms with van der Waals surface area (Å²) in [6.07, 6.45) is 2.86. The van der Waals surface area contributed by atoms with Gasteiger partial charge in [0.1, 0.15) is 18.4 Å². The van der Waals surface area contributed by atoms with Crippen LogP contribution < -0.4 is 4.74 Å². The summed E-state index contributed by atoms with van der Waals surface area (Å²) in [6.45, 7) is 0.0827. The van der Waals surface area contributed by atoms with Gasteiger partial charge in [0.15, 0.2) is 5.75 Å². The third-order valence-corrected chi connectivity index (χ3v) is 2.11. The fraction of sp³-hybridized carbons (Fsp3) is 0.0833. The second-order valence-corrected chi connectivity index (χ2v) is 3.20. The Bertz CT molecular complexity index is 566. The molecule has 0 atom stereocenters. The van der Waals surface area contributed by atoms with Crippen molar-refractivity contribution in [3.8, 4) is 11.8 Å². The summed E-state index contributed by atoms with van der Waals surface area (Å²) in [5, 5.41) is 8.82. The highest BCUT2D eigenvalue weighted by Crippen LogP contribution is 2.15. The highest BCUT2D eigenvalue weighted by molar-refractivity contribution is 5.30. The number of pyridine rings is 2. The van der Waals surface area contributed by atoms with Crippen LogP contribution >= 0.6 is 0 Å². The Hall–Kier alpha value is -2.48. The van der Waals surface area contributed by atoms with Gasteiger partial charge in [-0.15, -0.1) is 0 Å². The van der Waals surface area contributed by atoms with E-state index in [2.05, 4.69) is 9.97 Å². The van der Waals surface area contributed by atoms with E-state index in [1.54, 1.807) is 18.2 Å². The zero-order chi connectivity index (χ0) is 12.1. The number of rotatable bonds is 3. The minimum Gasteiger partial charge on any atom is -0.484 e. The van der Waals surface area contributed by atoms with Crippen molar-refractivity contribution in [3.63, 3.8) is 0 Å². The predicted octanol–water partition coefficient (Wildman–Crippen LogP) is 2.07. The Morgan fingerprint density at radius 3 is 2.76 bits per heavy atom. The zero-order valence-electron chi connectivity index (χ0n) is 8.80. The molecular formula is C12H8FN3O. The Labute approximate surface area is 97.3 Å². The van der Waals surface area contributed by atoms with Gasteiger partial charge in [-0.2, -0.15) is 9.65 Å². The number of ether oxygens (including phenoxy) is 1. The van der Waals surface area contributed by atoms with Crippen LogP contribution in [0, 0.1) is 17.3 Å². The molecule has 0 saturated heterocycles. The van der Waals surface area contributed by atoms with E-state index in [0.29, 0.717) is 5.56 Å². The van der Waals surface area contributed by atoms with Crippen LogP contribution in [0.15, 0.2) is 36.7 Å². The van der Waals surface area contributed by atoms with Crippen LogP contribution in [0.3, 0.4) is 0 Å². The summed E-state index contributed by atoms with van der Waals surface area (Å²) in [7, 11) is 0. The summed E-state index contributed by atoms with van der Waals surface area (Å²) in [6, 6.07) is 8.40. The minimum atomic E-state index is -0.671. The molecule has 0 N–H and O–H groups in total. The number of aromatic nitrogens is 2. The Morgan fingerprint density at radius 1 is 1.24 bits per heavy atom. The molecule has 2 rings (SSSR count). The van der Waals surface area contributed by atoms with Crippen molar-refractivity contribution >= 4 is 0 Å². The lowest BCUT2D eigenvalue weighted by Crippen LogP contribution is -2.01. The molecule has 0 aromatic carbocycles. The normalized spacial score (nSPS) is 9.65. The molecule has 0 unspecified atom stereocenters. The molecule has 0 spiro atoms. The Kier molecular flexibility index (Phi) is 3.26. The quantitative estimate of drug-likeness (QED) is 0.756. The van der Waals surface area contributed by atoms with Gasteiger partial charge in [-0.3, -0.25) is 0 Å². The minimum absolute atomic E-state index is 0.0558. The molecule has 0 amide bonds. The van der Waals surface area contributed by atoms with Crippen molar-refractivity contribution in [1.29, 1.82) is 5.26 Å². The van der Waals surface area contributed by atoms with E-state index in [0.717, 1.165) is 0 Å². The van der Waals surface area contributed by atoms with Gasteiger partial charge in [0.2, 0.25) is 0 Å². The third-order valence-electron chi connectivity index (χ3n) is 2.11. The monoisotopic (exact) mass is 229 g/mol. The highest BCUT2D eigenvalue weighted by atomic mass is 19.1. The summed E-state index contributed by atoms with van der Waals surface area (Å²) < 4.78 is 18.4. The largest absolute Gasteiger partial charge is 0.484 e.